The van der Waals surface area contributed by atoms with Crippen LogP contribution in [0.4, 0.5) is 11.4 Å². The lowest BCUT2D eigenvalue weighted by atomic mass is 10.2. The minimum Gasteiger partial charge on any atom is -0.383 e. The molecule has 0 saturated carbocycles. The maximum absolute atomic E-state index is 10.9. The Labute approximate surface area is 95.9 Å². The van der Waals surface area contributed by atoms with Crippen molar-refractivity contribution in [3.63, 3.8) is 0 Å². The van der Waals surface area contributed by atoms with Gasteiger partial charge in [-0.25, -0.2) is 9.84 Å². The first-order valence-electron chi connectivity index (χ1n) is 5.09. The fraction of sp³-hybridized carbons (Fsp3) is 0.333. The van der Waals surface area contributed by atoms with Gasteiger partial charge in [-0.1, -0.05) is 0 Å². The van der Waals surface area contributed by atoms with Crippen LogP contribution < -0.4 is 11.1 Å². The average Bonchev–Trinajstić information content (AvgIpc) is 2.78. The van der Waals surface area contributed by atoms with Crippen LogP contribution in [0.1, 0.15) is 6.42 Å². The highest BCUT2D eigenvalue weighted by Crippen LogP contribution is 2.28. The van der Waals surface area contributed by atoms with Gasteiger partial charge < -0.3 is 11.1 Å². The number of hydrogen-bond donors (Lipinski definition) is 3. The van der Waals surface area contributed by atoms with Crippen LogP contribution in [0.2, 0.25) is 0 Å². The van der Waals surface area contributed by atoms with E-state index in [4.69, 9.17) is 10.9 Å². The Kier molecular flexibility index (Phi) is 3.15. The zero-order chi connectivity index (χ0) is 12.3. The largest absolute Gasteiger partial charge is 0.383 e. The van der Waals surface area contributed by atoms with Gasteiger partial charge in [0.2, 0.25) is 5.52 Å². The number of nitrogens with one attached hydrogen (secondary N) is 1. The number of fused-ring (bicyclic) bond motifs is 1. The SMILES string of the molecule is NCCCNc1ccc([N+](=O)O)c2nonc12. The maximum atomic E-state index is 10.9. The number of hydrogen-bond acceptors (Lipinski definition) is 6. The van der Waals surface area contributed by atoms with Gasteiger partial charge in [-0.15, -0.1) is 0 Å². The molecule has 1 aromatic carbocycles. The van der Waals surface area contributed by atoms with E-state index in [9.17, 15) is 4.91 Å². The van der Waals surface area contributed by atoms with Crippen molar-refractivity contribution in [3.05, 3.63) is 17.0 Å². The van der Waals surface area contributed by atoms with E-state index in [1.807, 2.05) is 0 Å². The molecule has 8 nitrogen and oxygen atoms in total. The van der Waals surface area contributed by atoms with E-state index in [0.717, 1.165) is 6.42 Å². The summed E-state index contributed by atoms with van der Waals surface area (Å²) in [5.74, 6) is 0. The van der Waals surface area contributed by atoms with Gasteiger partial charge >= 0.3 is 5.69 Å². The average molecular weight is 238 g/mol. The third-order valence-electron chi connectivity index (χ3n) is 2.30. The number of anilines is 1. The summed E-state index contributed by atoms with van der Waals surface area (Å²) in [4.78, 5) is 10.6. The van der Waals surface area contributed by atoms with Crippen LogP contribution in [-0.2, 0) is 0 Å². The zero-order valence-corrected chi connectivity index (χ0v) is 8.96. The maximum Gasteiger partial charge on any atom is 0.347 e. The van der Waals surface area contributed by atoms with Crippen molar-refractivity contribution >= 4 is 22.4 Å². The third-order valence-corrected chi connectivity index (χ3v) is 2.30. The molecule has 0 amide bonds. The normalized spacial score (nSPS) is 10.6. The van der Waals surface area contributed by atoms with E-state index in [-0.39, 0.29) is 16.1 Å². The number of nitrogens with zero attached hydrogens (tertiary/aromatic N) is 3. The fourth-order valence-electron chi connectivity index (χ4n) is 1.48. The van der Waals surface area contributed by atoms with E-state index in [1.165, 1.54) is 6.07 Å². The molecule has 2 rings (SSSR count). The lowest BCUT2D eigenvalue weighted by molar-refractivity contribution is -0.728. The molecule has 0 fully saturated rings. The summed E-state index contributed by atoms with van der Waals surface area (Å²) in [5.41, 5.74) is 6.66. The van der Waals surface area contributed by atoms with Crippen molar-refractivity contribution in [2.24, 2.45) is 5.73 Å². The third kappa shape index (κ3) is 2.16. The van der Waals surface area contributed by atoms with Crippen molar-refractivity contribution in [3.8, 4) is 0 Å². The van der Waals surface area contributed by atoms with E-state index in [2.05, 4.69) is 20.3 Å². The predicted octanol–water partition coefficient (Wildman–Crippen LogP) is 0.783. The Bertz CT molecular complexity index is 538. The van der Waals surface area contributed by atoms with Crippen LogP contribution in [0.15, 0.2) is 16.8 Å². The molecule has 0 spiro atoms. The van der Waals surface area contributed by atoms with Gasteiger partial charge in [0.1, 0.15) is 0 Å². The second kappa shape index (κ2) is 4.74. The van der Waals surface area contributed by atoms with E-state index in [0.29, 0.717) is 24.3 Å². The number of nitrogens with two attached hydrogens (primary N) is 1. The van der Waals surface area contributed by atoms with E-state index >= 15 is 0 Å². The molecule has 0 saturated heterocycles. The molecule has 0 aliphatic carbocycles. The predicted molar refractivity (Wildman–Crippen MR) is 59.0 cm³/mol. The minimum atomic E-state index is -0.268. The lowest BCUT2D eigenvalue weighted by Crippen LogP contribution is -2.08. The van der Waals surface area contributed by atoms with Crippen molar-refractivity contribution in [2.75, 3.05) is 18.4 Å². The first-order valence-corrected chi connectivity index (χ1v) is 5.09. The summed E-state index contributed by atoms with van der Waals surface area (Å²) in [6.07, 6.45) is 0.808. The Morgan fingerprint density at radius 1 is 1.41 bits per heavy atom. The van der Waals surface area contributed by atoms with Gasteiger partial charge in [-0.05, 0) is 29.3 Å². The van der Waals surface area contributed by atoms with E-state index < -0.39 is 0 Å². The molecule has 0 radical (unpaired) electrons. The summed E-state index contributed by atoms with van der Waals surface area (Å²) in [6.45, 7) is 1.26. The lowest BCUT2D eigenvalue weighted by Gasteiger charge is -2.04. The Balaban J connectivity index is 2.36. The molecule has 8 heteroatoms. The molecule has 17 heavy (non-hydrogen) atoms. The molecule has 4 N–H and O–H groups in total. The smallest absolute Gasteiger partial charge is 0.347 e. The molecule has 0 aliphatic rings. The Morgan fingerprint density at radius 3 is 2.88 bits per heavy atom. The highest BCUT2D eigenvalue weighted by atomic mass is 16.6. The summed E-state index contributed by atoms with van der Waals surface area (Å²) in [5, 5.41) is 19.2. The minimum absolute atomic E-state index is 0.00868. The molecule has 1 aromatic heterocycles. The van der Waals surface area contributed by atoms with Gasteiger partial charge in [-0.3, -0.25) is 0 Å². The van der Waals surface area contributed by atoms with Crippen molar-refractivity contribution < 1.29 is 14.8 Å². The number of aromatic nitrogens is 2. The highest BCUT2D eigenvalue weighted by molar-refractivity contribution is 5.93. The molecule has 0 aliphatic heterocycles. The van der Waals surface area contributed by atoms with Crippen molar-refractivity contribution in [2.45, 2.75) is 6.42 Å². The zero-order valence-electron chi connectivity index (χ0n) is 8.96. The first kappa shape index (κ1) is 11.3. The van der Waals surface area contributed by atoms with E-state index in [1.54, 1.807) is 6.07 Å². The Morgan fingerprint density at radius 2 is 2.18 bits per heavy atom. The molecule has 0 atom stereocenters. The highest BCUT2D eigenvalue weighted by Gasteiger charge is 2.22. The molecule has 0 unspecified atom stereocenters. The van der Waals surface area contributed by atoms with Crippen LogP contribution >= 0.6 is 0 Å². The topological polar surface area (TPSA) is 117 Å². The van der Waals surface area contributed by atoms with Gasteiger partial charge in [-0.2, -0.15) is 0 Å². The Hall–Kier alpha value is -2.22. The second-order valence-electron chi connectivity index (χ2n) is 3.44. The molecule has 2 aromatic rings. The summed E-state index contributed by atoms with van der Waals surface area (Å²) < 4.78 is 4.56. The second-order valence-corrected chi connectivity index (χ2v) is 3.44. The first-order chi connectivity index (χ1) is 8.24. The number of rotatable bonds is 5. The fourth-order valence-corrected chi connectivity index (χ4v) is 1.48. The van der Waals surface area contributed by atoms with Crippen molar-refractivity contribution in [1.82, 2.24) is 10.3 Å². The van der Waals surface area contributed by atoms with Gasteiger partial charge in [0.15, 0.2) is 5.52 Å². The van der Waals surface area contributed by atoms with Crippen LogP contribution in [0, 0.1) is 4.91 Å². The quantitative estimate of drug-likeness (QED) is 0.520. The molecular formula is C9H12N5O3+. The molecule has 90 valence electrons. The summed E-state index contributed by atoms with van der Waals surface area (Å²) >= 11 is 0. The summed E-state index contributed by atoms with van der Waals surface area (Å²) in [6, 6.07) is 3.06. The van der Waals surface area contributed by atoms with Gasteiger partial charge in [0.25, 0.3) is 4.92 Å². The van der Waals surface area contributed by atoms with Crippen LogP contribution in [0.3, 0.4) is 0 Å². The molecular weight excluding hydrogens is 226 g/mol. The van der Waals surface area contributed by atoms with Crippen LogP contribution in [-0.4, -0.2) is 33.5 Å². The van der Waals surface area contributed by atoms with Gasteiger partial charge in [0, 0.05) is 12.6 Å². The monoisotopic (exact) mass is 238 g/mol. The van der Waals surface area contributed by atoms with Crippen LogP contribution in [0.25, 0.3) is 11.0 Å². The summed E-state index contributed by atoms with van der Waals surface area (Å²) in [7, 11) is 0. The van der Waals surface area contributed by atoms with Crippen molar-refractivity contribution in [1.29, 1.82) is 0 Å². The standard InChI is InChI=1S/C9H12N5O3/c10-4-1-5-11-6-2-3-7(14(15)16)9-8(6)12-17-13-9/h2-3,11H,1,4-5,10H2,(H,15,16)/q+1. The number of benzene rings is 1. The van der Waals surface area contributed by atoms with Crippen LogP contribution in [0.5, 0.6) is 0 Å². The van der Waals surface area contributed by atoms with Gasteiger partial charge in [0.05, 0.1) is 10.6 Å². The molecule has 1 heterocycles. The molecule has 0 bridgehead atoms.